The predicted octanol–water partition coefficient (Wildman–Crippen LogP) is 3.62. The van der Waals surface area contributed by atoms with Crippen molar-refractivity contribution in [3.05, 3.63) is 53.2 Å². The lowest BCUT2D eigenvalue weighted by Gasteiger charge is -2.31. The molecule has 1 aromatic carbocycles. The number of hydrogen-bond acceptors (Lipinski definition) is 4. The van der Waals surface area contributed by atoms with E-state index in [2.05, 4.69) is 10.3 Å². The summed E-state index contributed by atoms with van der Waals surface area (Å²) in [6.45, 7) is 4.98. The predicted molar refractivity (Wildman–Crippen MR) is 116 cm³/mol. The highest BCUT2D eigenvalue weighted by Crippen LogP contribution is 2.22. The van der Waals surface area contributed by atoms with Crippen LogP contribution in [0.3, 0.4) is 0 Å². The number of nitrogens with zero attached hydrogens (tertiary/aromatic N) is 2. The molecule has 0 unspecified atom stereocenters. The van der Waals surface area contributed by atoms with Crippen LogP contribution in [0.4, 0.5) is 11.5 Å². The Balaban J connectivity index is 0.00000196. The highest BCUT2D eigenvalue weighted by atomic mass is 35.5. The number of carbonyl (C=O) groups excluding carboxylic acids is 2. The Hall–Kier alpha value is -2.31. The first-order valence-corrected chi connectivity index (χ1v) is 8.83. The van der Waals surface area contributed by atoms with E-state index in [4.69, 9.17) is 5.73 Å². The number of piperidine rings is 1. The number of anilines is 2. The second-order valence-corrected chi connectivity index (χ2v) is 6.85. The van der Waals surface area contributed by atoms with Gasteiger partial charge in [-0.1, -0.05) is 12.1 Å². The molecule has 0 bridgehead atoms. The van der Waals surface area contributed by atoms with Crippen LogP contribution in [-0.2, 0) is 4.79 Å². The summed E-state index contributed by atoms with van der Waals surface area (Å²) in [7, 11) is 0. The Morgan fingerprint density at radius 2 is 1.79 bits per heavy atom. The number of benzene rings is 1. The van der Waals surface area contributed by atoms with Crippen LogP contribution < -0.4 is 11.1 Å². The van der Waals surface area contributed by atoms with Crippen LogP contribution in [0.1, 0.15) is 34.3 Å². The fourth-order valence-corrected chi connectivity index (χ4v) is 3.16. The second kappa shape index (κ2) is 10.3. The highest BCUT2D eigenvalue weighted by molar-refractivity contribution is 5.97. The molecule has 3 rings (SSSR count). The molecule has 2 amide bonds. The first-order chi connectivity index (χ1) is 12.4. The number of nitrogen functional groups attached to an aromatic ring is 1. The molecule has 6 nitrogen and oxygen atoms in total. The van der Waals surface area contributed by atoms with Gasteiger partial charge >= 0.3 is 0 Å². The maximum absolute atomic E-state index is 12.7. The standard InChI is InChI=1S/C20H24N4O2.2ClH/c1-13-3-6-18(22-12-13)23-19(25)15-7-9-24(10-8-15)20(26)17-11-16(21)5-4-14(17)2;;/h3-6,11-12,15H,7-10,21H2,1-2H3,(H,22,23,25);2*1H. The maximum Gasteiger partial charge on any atom is 0.254 e. The molecule has 1 fully saturated rings. The molecule has 3 N–H and O–H groups in total. The van der Waals surface area contributed by atoms with Crippen molar-refractivity contribution in [2.45, 2.75) is 26.7 Å². The fourth-order valence-electron chi connectivity index (χ4n) is 3.16. The third-order valence-corrected chi connectivity index (χ3v) is 4.81. The van der Waals surface area contributed by atoms with E-state index in [0.29, 0.717) is 43.0 Å². The third-order valence-electron chi connectivity index (χ3n) is 4.81. The second-order valence-electron chi connectivity index (χ2n) is 6.85. The van der Waals surface area contributed by atoms with Crippen LogP contribution in [0.25, 0.3) is 0 Å². The van der Waals surface area contributed by atoms with Crippen LogP contribution in [0, 0.1) is 19.8 Å². The molecule has 1 aliphatic heterocycles. The van der Waals surface area contributed by atoms with Gasteiger partial charge < -0.3 is 16.0 Å². The van der Waals surface area contributed by atoms with Crippen LogP contribution in [0.15, 0.2) is 36.5 Å². The summed E-state index contributed by atoms with van der Waals surface area (Å²) in [6.07, 6.45) is 3.01. The Morgan fingerprint density at radius 1 is 1.11 bits per heavy atom. The van der Waals surface area contributed by atoms with Gasteiger partial charge in [-0.05, 0) is 56.0 Å². The smallest absolute Gasteiger partial charge is 0.254 e. The third kappa shape index (κ3) is 5.59. The van der Waals surface area contributed by atoms with Gasteiger partial charge in [0.05, 0.1) is 0 Å². The first kappa shape index (κ1) is 23.7. The summed E-state index contributed by atoms with van der Waals surface area (Å²) in [4.78, 5) is 31.2. The number of hydrogen-bond donors (Lipinski definition) is 2. The molecule has 1 aromatic heterocycles. The van der Waals surface area contributed by atoms with Crippen LogP contribution >= 0.6 is 24.8 Å². The molecule has 0 radical (unpaired) electrons. The summed E-state index contributed by atoms with van der Waals surface area (Å²) in [5, 5.41) is 2.86. The number of nitrogens with two attached hydrogens (primary N) is 1. The largest absolute Gasteiger partial charge is 0.399 e. The van der Waals surface area contributed by atoms with E-state index in [1.165, 1.54) is 0 Å². The summed E-state index contributed by atoms with van der Waals surface area (Å²) in [5.74, 6) is 0.404. The van der Waals surface area contributed by atoms with E-state index >= 15 is 0 Å². The molecular formula is C20H26Cl2N4O2. The molecular weight excluding hydrogens is 399 g/mol. The van der Waals surface area contributed by atoms with Gasteiger partial charge in [-0.25, -0.2) is 4.98 Å². The number of amides is 2. The van der Waals surface area contributed by atoms with Crippen molar-refractivity contribution in [1.29, 1.82) is 0 Å². The molecule has 2 heterocycles. The minimum atomic E-state index is -0.107. The van der Waals surface area contributed by atoms with Crippen LogP contribution in [-0.4, -0.2) is 34.8 Å². The maximum atomic E-state index is 12.7. The number of aryl methyl sites for hydroxylation is 2. The molecule has 0 atom stereocenters. The Kier molecular flexibility index (Phi) is 8.72. The van der Waals surface area contributed by atoms with Crippen LogP contribution in [0.5, 0.6) is 0 Å². The Morgan fingerprint density at radius 3 is 2.39 bits per heavy atom. The molecule has 2 aromatic rings. The number of likely N-dealkylation sites (tertiary alicyclic amines) is 1. The van der Waals surface area contributed by atoms with E-state index in [9.17, 15) is 9.59 Å². The van der Waals surface area contributed by atoms with Gasteiger partial charge in [0.1, 0.15) is 5.82 Å². The fraction of sp³-hybridized carbons (Fsp3) is 0.350. The average molecular weight is 425 g/mol. The van der Waals surface area contributed by atoms with Gasteiger partial charge in [-0.15, -0.1) is 24.8 Å². The van der Waals surface area contributed by atoms with Crippen molar-refractivity contribution in [3.63, 3.8) is 0 Å². The van der Waals surface area contributed by atoms with Gasteiger partial charge in [-0.2, -0.15) is 0 Å². The number of pyridine rings is 1. The van der Waals surface area contributed by atoms with E-state index in [0.717, 1.165) is 11.1 Å². The number of rotatable bonds is 3. The van der Waals surface area contributed by atoms with Crippen molar-refractivity contribution < 1.29 is 9.59 Å². The summed E-state index contributed by atoms with van der Waals surface area (Å²) in [5.41, 5.74) is 8.99. The molecule has 1 saturated heterocycles. The van der Waals surface area contributed by atoms with Crippen molar-refractivity contribution >= 4 is 48.1 Å². The van der Waals surface area contributed by atoms with Crippen molar-refractivity contribution in [1.82, 2.24) is 9.88 Å². The monoisotopic (exact) mass is 424 g/mol. The lowest BCUT2D eigenvalue weighted by Crippen LogP contribution is -2.41. The highest BCUT2D eigenvalue weighted by Gasteiger charge is 2.28. The van der Waals surface area contributed by atoms with Gasteiger partial charge in [0.2, 0.25) is 5.91 Å². The Labute approximate surface area is 177 Å². The molecule has 28 heavy (non-hydrogen) atoms. The van der Waals surface area contributed by atoms with Gasteiger partial charge in [0.25, 0.3) is 5.91 Å². The minimum absolute atomic E-state index is 0. The lowest BCUT2D eigenvalue weighted by atomic mass is 9.95. The summed E-state index contributed by atoms with van der Waals surface area (Å²) < 4.78 is 0. The molecule has 8 heteroatoms. The van der Waals surface area contributed by atoms with E-state index in [-0.39, 0.29) is 42.5 Å². The zero-order valence-electron chi connectivity index (χ0n) is 16.0. The van der Waals surface area contributed by atoms with Crippen molar-refractivity contribution in [2.24, 2.45) is 5.92 Å². The zero-order valence-corrected chi connectivity index (χ0v) is 17.6. The molecule has 0 spiro atoms. The topological polar surface area (TPSA) is 88.3 Å². The Bertz CT molecular complexity index is 819. The van der Waals surface area contributed by atoms with E-state index < -0.39 is 0 Å². The first-order valence-electron chi connectivity index (χ1n) is 8.83. The minimum Gasteiger partial charge on any atom is -0.399 e. The number of aromatic nitrogens is 1. The van der Waals surface area contributed by atoms with Gasteiger partial charge in [0.15, 0.2) is 0 Å². The van der Waals surface area contributed by atoms with Gasteiger partial charge in [-0.3, -0.25) is 9.59 Å². The van der Waals surface area contributed by atoms with Crippen molar-refractivity contribution in [2.75, 3.05) is 24.1 Å². The average Bonchev–Trinajstić information content (AvgIpc) is 2.65. The summed E-state index contributed by atoms with van der Waals surface area (Å²) >= 11 is 0. The zero-order chi connectivity index (χ0) is 18.7. The van der Waals surface area contributed by atoms with Crippen LogP contribution in [0.2, 0.25) is 0 Å². The normalized spacial score (nSPS) is 13.9. The summed E-state index contributed by atoms with van der Waals surface area (Å²) in [6, 6.07) is 9.09. The lowest BCUT2D eigenvalue weighted by molar-refractivity contribution is -0.121. The van der Waals surface area contributed by atoms with E-state index in [1.807, 2.05) is 26.0 Å². The molecule has 1 aliphatic rings. The number of halogens is 2. The quantitative estimate of drug-likeness (QED) is 0.736. The number of nitrogens with one attached hydrogen (secondary N) is 1. The SMILES string of the molecule is Cc1ccc(NC(=O)C2CCN(C(=O)c3cc(N)ccc3C)CC2)nc1.Cl.Cl. The number of carbonyl (C=O) groups is 2. The molecule has 0 saturated carbocycles. The van der Waals surface area contributed by atoms with Gasteiger partial charge in [0, 0.05) is 36.5 Å². The van der Waals surface area contributed by atoms with Crippen molar-refractivity contribution in [3.8, 4) is 0 Å². The molecule has 0 aliphatic carbocycles. The molecule has 152 valence electrons. The van der Waals surface area contributed by atoms with E-state index in [1.54, 1.807) is 29.3 Å².